The molecule has 0 spiro atoms. The number of allylic oxidation sites excluding steroid dienone is 2. The SMILES string of the molecule is CCCCCCCCCCCCCCCCCCCCC(=O)OCCCCCCCC/C=C\CCCCCC(=O)NC(CO)C(O)CCCCCCCCCCCCCCCCCCC. The summed E-state index contributed by atoms with van der Waals surface area (Å²) in [5.41, 5.74) is 0. The number of carbonyl (C=O) groups excluding carboxylic acids is 2. The van der Waals surface area contributed by atoms with E-state index in [-0.39, 0.29) is 18.5 Å². The zero-order chi connectivity index (χ0) is 47.2. The summed E-state index contributed by atoms with van der Waals surface area (Å²) < 4.78 is 5.48. The minimum absolute atomic E-state index is 0.00740. The number of hydrogen-bond acceptors (Lipinski definition) is 5. The molecule has 65 heavy (non-hydrogen) atoms. The van der Waals surface area contributed by atoms with Crippen molar-refractivity contribution in [3.05, 3.63) is 12.2 Å². The molecule has 0 saturated carbocycles. The molecule has 0 rings (SSSR count). The second-order valence-corrected chi connectivity index (χ2v) is 20.3. The summed E-state index contributed by atoms with van der Waals surface area (Å²) in [6, 6.07) is -0.561. The Morgan fingerprint density at radius 3 is 1.11 bits per heavy atom. The number of rotatable bonds is 55. The molecule has 0 aromatic carbocycles. The van der Waals surface area contributed by atoms with Crippen molar-refractivity contribution < 1.29 is 24.5 Å². The first-order chi connectivity index (χ1) is 32.0. The van der Waals surface area contributed by atoms with Crippen LogP contribution >= 0.6 is 0 Å². The second kappa shape index (κ2) is 55.2. The fraction of sp³-hybridized carbons (Fsp3) is 0.932. The summed E-state index contributed by atoms with van der Waals surface area (Å²) in [4.78, 5) is 24.6. The number of nitrogens with one attached hydrogen (secondary N) is 1. The number of amides is 1. The zero-order valence-corrected chi connectivity index (χ0v) is 44.0. The van der Waals surface area contributed by atoms with Crippen LogP contribution in [0, 0.1) is 0 Å². The summed E-state index contributed by atoms with van der Waals surface area (Å²) in [5.74, 6) is -0.0693. The van der Waals surface area contributed by atoms with E-state index in [4.69, 9.17) is 4.74 Å². The average Bonchev–Trinajstić information content (AvgIpc) is 3.31. The fourth-order valence-electron chi connectivity index (χ4n) is 9.28. The predicted molar refractivity (Wildman–Crippen MR) is 283 cm³/mol. The van der Waals surface area contributed by atoms with E-state index in [0.717, 1.165) is 70.6 Å². The molecular formula is C59H115NO5. The topological polar surface area (TPSA) is 95.9 Å². The van der Waals surface area contributed by atoms with Crippen molar-refractivity contribution in [2.45, 2.75) is 341 Å². The van der Waals surface area contributed by atoms with Gasteiger partial charge in [-0.15, -0.1) is 0 Å². The van der Waals surface area contributed by atoms with Crippen LogP contribution in [-0.2, 0) is 14.3 Å². The highest BCUT2D eigenvalue weighted by Crippen LogP contribution is 2.18. The van der Waals surface area contributed by atoms with Gasteiger partial charge in [-0.05, 0) is 51.4 Å². The van der Waals surface area contributed by atoms with Gasteiger partial charge in [0, 0.05) is 12.8 Å². The van der Waals surface area contributed by atoms with Crippen LogP contribution in [0.25, 0.3) is 0 Å². The third kappa shape index (κ3) is 51.8. The second-order valence-electron chi connectivity index (χ2n) is 20.3. The van der Waals surface area contributed by atoms with Crippen molar-refractivity contribution in [3.8, 4) is 0 Å². The Balaban J connectivity index is 3.46. The van der Waals surface area contributed by atoms with Gasteiger partial charge in [-0.2, -0.15) is 0 Å². The van der Waals surface area contributed by atoms with Crippen LogP contribution in [0.15, 0.2) is 12.2 Å². The van der Waals surface area contributed by atoms with Gasteiger partial charge >= 0.3 is 5.97 Å². The number of aliphatic hydroxyl groups is 2. The Morgan fingerprint density at radius 1 is 0.415 bits per heavy atom. The summed E-state index contributed by atoms with van der Waals surface area (Å²) >= 11 is 0. The normalized spacial score (nSPS) is 12.6. The van der Waals surface area contributed by atoms with Crippen molar-refractivity contribution in [2.24, 2.45) is 0 Å². The Bertz CT molecular complexity index is 970. The van der Waals surface area contributed by atoms with Gasteiger partial charge in [0.25, 0.3) is 0 Å². The molecule has 0 saturated heterocycles. The minimum atomic E-state index is -0.681. The predicted octanol–water partition coefficient (Wildman–Crippen LogP) is 18.1. The van der Waals surface area contributed by atoms with E-state index in [1.165, 1.54) is 225 Å². The number of ether oxygens (including phenoxy) is 1. The lowest BCUT2D eigenvalue weighted by molar-refractivity contribution is -0.143. The Hall–Kier alpha value is -1.40. The molecule has 0 aliphatic heterocycles. The summed E-state index contributed by atoms with van der Waals surface area (Å²) in [7, 11) is 0. The monoisotopic (exact) mass is 918 g/mol. The largest absolute Gasteiger partial charge is 0.466 e. The van der Waals surface area contributed by atoms with Gasteiger partial charge in [-0.25, -0.2) is 0 Å². The first kappa shape index (κ1) is 63.6. The number of aliphatic hydroxyl groups excluding tert-OH is 2. The lowest BCUT2D eigenvalue weighted by Gasteiger charge is -2.22. The molecule has 0 aromatic heterocycles. The maximum absolute atomic E-state index is 12.5. The van der Waals surface area contributed by atoms with Crippen molar-refractivity contribution in [3.63, 3.8) is 0 Å². The molecule has 0 fully saturated rings. The van der Waals surface area contributed by atoms with Crippen LogP contribution in [0.3, 0.4) is 0 Å². The van der Waals surface area contributed by atoms with Crippen molar-refractivity contribution in [1.82, 2.24) is 5.32 Å². The van der Waals surface area contributed by atoms with Crippen LogP contribution in [0.4, 0.5) is 0 Å². The standard InChI is InChI=1S/C59H115NO5/c1-3-5-7-9-11-13-15-17-19-21-23-25-29-33-37-41-45-49-53-59(64)65-54-50-46-42-38-34-30-26-28-32-36-40-44-48-52-58(63)60-56(55-61)57(62)51-47-43-39-35-31-27-24-22-20-18-16-14-12-10-8-6-4-2/h28,32,56-57,61-62H,3-27,29-31,33-55H2,1-2H3,(H,60,63)/b32-28-. The van der Waals surface area contributed by atoms with Crippen LogP contribution < -0.4 is 5.32 Å². The van der Waals surface area contributed by atoms with Crippen LogP contribution in [0.5, 0.6) is 0 Å². The molecule has 386 valence electrons. The van der Waals surface area contributed by atoms with Gasteiger partial charge < -0.3 is 20.3 Å². The molecule has 6 heteroatoms. The number of esters is 1. The van der Waals surface area contributed by atoms with Crippen molar-refractivity contribution in [2.75, 3.05) is 13.2 Å². The molecule has 0 heterocycles. The van der Waals surface area contributed by atoms with Gasteiger partial charge in [0.1, 0.15) is 0 Å². The maximum atomic E-state index is 12.5. The highest BCUT2D eigenvalue weighted by atomic mass is 16.5. The number of hydrogen-bond donors (Lipinski definition) is 3. The molecule has 0 aliphatic rings. The lowest BCUT2D eigenvalue weighted by atomic mass is 10.0. The van der Waals surface area contributed by atoms with Gasteiger partial charge in [-0.3, -0.25) is 9.59 Å². The molecule has 0 aromatic rings. The van der Waals surface area contributed by atoms with Crippen LogP contribution in [0.1, 0.15) is 328 Å². The number of carbonyl (C=O) groups is 2. The van der Waals surface area contributed by atoms with E-state index in [1.807, 2.05) is 0 Å². The van der Waals surface area contributed by atoms with Crippen LogP contribution in [0.2, 0.25) is 0 Å². The van der Waals surface area contributed by atoms with Gasteiger partial charge in [0.2, 0.25) is 5.91 Å². The van der Waals surface area contributed by atoms with Crippen LogP contribution in [-0.4, -0.2) is 47.4 Å². The zero-order valence-electron chi connectivity index (χ0n) is 44.0. The molecule has 0 bridgehead atoms. The van der Waals surface area contributed by atoms with E-state index < -0.39 is 12.1 Å². The highest BCUT2D eigenvalue weighted by Gasteiger charge is 2.20. The van der Waals surface area contributed by atoms with Gasteiger partial charge in [0.05, 0.1) is 25.4 Å². The fourth-order valence-corrected chi connectivity index (χ4v) is 9.28. The quantitative estimate of drug-likeness (QED) is 0.0321. The Morgan fingerprint density at radius 2 is 0.723 bits per heavy atom. The molecule has 2 atom stereocenters. The molecular weight excluding hydrogens is 803 g/mol. The Labute approximate surface area is 406 Å². The van der Waals surface area contributed by atoms with E-state index in [0.29, 0.717) is 25.9 Å². The summed E-state index contributed by atoms with van der Waals surface area (Å²) in [5, 5.41) is 23.3. The minimum Gasteiger partial charge on any atom is -0.466 e. The smallest absolute Gasteiger partial charge is 0.305 e. The molecule has 6 nitrogen and oxygen atoms in total. The third-order valence-electron chi connectivity index (χ3n) is 13.8. The molecule has 2 unspecified atom stereocenters. The van der Waals surface area contributed by atoms with E-state index in [9.17, 15) is 19.8 Å². The molecule has 1 amide bonds. The van der Waals surface area contributed by atoms with Crippen molar-refractivity contribution in [1.29, 1.82) is 0 Å². The summed E-state index contributed by atoms with van der Waals surface area (Å²) in [6.07, 6.45) is 64.9. The van der Waals surface area contributed by atoms with Crippen molar-refractivity contribution >= 4 is 11.9 Å². The van der Waals surface area contributed by atoms with Gasteiger partial charge in [-0.1, -0.05) is 276 Å². The summed E-state index contributed by atoms with van der Waals surface area (Å²) in [6.45, 7) is 4.94. The number of unbranched alkanes of at least 4 members (excludes halogenated alkanes) is 42. The Kier molecular flexibility index (Phi) is 54.0. The molecule has 0 aliphatic carbocycles. The maximum Gasteiger partial charge on any atom is 0.305 e. The first-order valence-corrected chi connectivity index (χ1v) is 29.4. The highest BCUT2D eigenvalue weighted by molar-refractivity contribution is 5.76. The first-order valence-electron chi connectivity index (χ1n) is 29.4. The average molecular weight is 919 g/mol. The molecule has 3 N–H and O–H groups in total. The molecule has 0 radical (unpaired) electrons. The van der Waals surface area contributed by atoms with E-state index in [2.05, 4.69) is 31.3 Å². The van der Waals surface area contributed by atoms with E-state index in [1.54, 1.807) is 0 Å². The third-order valence-corrected chi connectivity index (χ3v) is 13.8. The van der Waals surface area contributed by atoms with Gasteiger partial charge in [0.15, 0.2) is 0 Å². The van der Waals surface area contributed by atoms with E-state index >= 15 is 0 Å². The lowest BCUT2D eigenvalue weighted by Crippen LogP contribution is -2.45.